The molecule has 2 heterocycles. The van der Waals surface area contributed by atoms with Gasteiger partial charge in [-0.15, -0.1) is 0 Å². The highest BCUT2D eigenvalue weighted by molar-refractivity contribution is 5.55. The van der Waals surface area contributed by atoms with Gasteiger partial charge >= 0.3 is 0 Å². The van der Waals surface area contributed by atoms with Crippen LogP contribution in [-0.4, -0.2) is 0 Å². The summed E-state index contributed by atoms with van der Waals surface area (Å²) < 4.78 is 0. The van der Waals surface area contributed by atoms with Gasteiger partial charge in [-0.25, -0.2) is 9.78 Å². The van der Waals surface area contributed by atoms with E-state index in [2.05, 4.69) is 84.9 Å². The van der Waals surface area contributed by atoms with Crippen molar-refractivity contribution in [2.45, 2.75) is 30.5 Å². The van der Waals surface area contributed by atoms with Crippen LogP contribution in [-0.2, 0) is 21.0 Å². The summed E-state index contributed by atoms with van der Waals surface area (Å²) in [4.78, 5) is 13.2. The zero-order valence-corrected chi connectivity index (χ0v) is 16.3. The molecular formula is C27H24O2. The molecule has 3 aromatic rings. The first kappa shape index (κ1) is 16.4. The van der Waals surface area contributed by atoms with Gasteiger partial charge in [-0.2, -0.15) is 0 Å². The number of fused-ring (bicyclic) bond motifs is 3. The van der Waals surface area contributed by atoms with Crippen molar-refractivity contribution in [3.63, 3.8) is 0 Å². The molecule has 29 heavy (non-hydrogen) atoms. The highest BCUT2D eigenvalue weighted by Gasteiger charge is 2.73. The second kappa shape index (κ2) is 5.59. The minimum Gasteiger partial charge on any atom is -0.219 e. The van der Waals surface area contributed by atoms with Crippen LogP contribution in [0.5, 0.6) is 0 Å². The van der Waals surface area contributed by atoms with Gasteiger partial charge in [-0.1, -0.05) is 84.9 Å². The van der Waals surface area contributed by atoms with E-state index < -0.39 is 11.2 Å². The molecule has 2 heteroatoms. The third-order valence-corrected chi connectivity index (χ3v) is 8.29. The lowest BCUT2D eigenvalue weighted by Gasteiger charge is -2.62. The normalized spacial score (nSPS) is 38.6. The molecule has 144 valence electrons. The molecule has 4 bridgehead atoms. The number of hydrogen-bond acceptors (Lipinski definition) is 2. The molecular weight excluding hydrogens is 356 g/mol. The van der Waals surface area contributed by atoms with Gasteiger partial charge in [0.05, 0.1) is 0 Å². The lowest BCUT2D eigenvalue weighted by Crippen LogP contribution is -2.64. The van der Waals surface area contributed by atoms with E-state index in [0.717, 1.165) is 0 Å². The highest BCUT2D eigenvalue weighted by Crippen LogP contribution is 2.73. The molecule has 0 amide bonds. The molecule has 0 spiro atoms. The lowest BCUT2D eigenvalue weighted by molar-refractivity contribution is -0.477. The van der Waals surface area contributed by atoms with E-state index >= 15 is 0 Å². The van der Waals surface area contributed by atoms with Crippen LogP contribution < -0.4 is 0 Å². The molecule has 2 saturated carbocycles. The average molecular weight is 380 g/mol. The van der Waals surface area contributed by atoms with E-state index in [1.165, 1.54) is 41.5 Å². The van der Waals surface area contributed by atoms with Gasteiger partial charge in [0.15, 0.2) is 11.2 Å². The summed E-state index contributed by atoms with van der Waals surface area (Å²) in [6.45, 7) is 0. The summed E-state index contributed by atoms with van der Waals surface area (Å²) in [5.41, 5.74) is 4.07. The van der Waals surface area contributed by atoms with Gasteiger partial charge < -0.3 is 0 Å². The summed E-state index contributed by atoms with van der Waals surface area (Å²) in [5, 5.41) is 0. The van der Waals surface area contributed by atoms with Crippen LogP contribution in [0.15, 0.2) is 84.9 Å². The highest BCUT2D eigenvalue weighted by atomic mass is 17.2. The Morgan fingerprint density at radius 1 is 0.552 bits per heavy atom. The van der Waals surface area contributed by atoms with Gasteiger partial charge in [0, 0.05) is 11.8 Å². The Labute approximate surface area is 171 Å². The third kappa shape index (κ3) is 1.81. The van der Waals surface area contributed by atoms with Gasteiger partial charge in [-0.3, -0.25) is 0 Å². The molecule has 0 unspecified atom stereocenters. The first-order chi connectivity index (χ1) is 14.4. The van der Waals surface area contributed by atoms with E-state index in [1.807, 2.05) is 0 Å². The van der Waals surface area contributed by atoms with Crippen molar-refractivity contribution in [2.75, 3.05) is 0 Å². The third-order valence-electron chi connectivity index (χ3n) is 8.29. The SMILES string of the molecule is c1ccc([C@@]23OO[C@@](c4ccccc4)(c4ccccc42)[C@H]2[C@@H]4CC[C@@H](C4)[C@H]23)cc1. The maximum atomic E-state index is 6.60. The van der Waals surface area contributed by atoms with Crippen molar-refractivity contribution >= 4 is 0 Å². The number of benzene rings is 3. The molecule has 3 fully saturated rings. The molecule has 8 rings (SSSR count). The Kier molecular flexibility index (Phi) is 3.16. The summed E-state index contributed by atoms with van der Waals surface area (Å²) >= 11 is 0. The monoisotopic (exact) mass is 380 g/mol. The Balaban J connectivity index is 1.59. The van der Waals surface area contributed by atoms with Gasteiger partial charge in [-0.05, 0) is 53.4 Å². The number of hydrogen-bond donors (Lipinski definition) is 0. The molecule has 5 aliphatic rings. The average Bonchev–Trinajstić information content (AvgIpc) is 3.44. The van der Waals surface area contributed by atoms with Crippen molar-refractivity contribution in [1.82, 2.24) is 0 Å². The van der Waals surface area contributed by atoms with Crippen LogP contribution in [0.4, 0.5) is 0 Å². The van der Waals surface area contributed by atoms with Gasteiger partial charge in [0.1, 0.15) is 0 Å². The molecule has 3 aliphatic carbocycles. The van der Waals surface area contributed by atoms with E-state index in [1.54, 1.807) is 0 Å². The molecule has 3 aromatic carbocycles. The lowest BCUT2D eigenvalue weighted by atomic mass is 9.51. The first-order valence-corrected chi connectivity index (χ1v) is 10.9. The zero-order chi connectivity index (χ0) is 19.1. The van der Waals surface area contributed by atoms with Crippen LogP contribution in [0.25, 0.3) is 0 Å². The molecule has 0 radical (unpaired) electrons. The van der Waals surface area contributed by atoms with Crippen LogP contribution in [0, 0.1) is 23.7 Å². The van der Waals surface area contributed by atoms with Crippen molar-refractivity contribution in [3.05, 3.63) is 107 Å². The number of rotatable bonds is 2. The maximum absolute atomic E-state index is 6.60. The van der Waals surface area contributed by atoms with E-state index in [4.69, 9.17) is 9.78 Å². The topological polar surface area (TPSA) is 18.5 Å². The van der Waals surface area contributed by atoms with Crippen LogP contribution in [0.2, 0.25) is 0 Å². The fraction of sp³-hybridized carbons (Fsp3) is 0.333. The van der Waals surface area contributed by atoms with E-state index in [-0.39, 0.29) is 0 Å². The van der Waals surface area contributed by atoms with E-state index in [0.29, 0.717) is 23.7 Å². The van der Waals surface area contributed by atoms with Crippen molar-refractivity contribution < 1.29 is 9.78 Å². The van der Waals surface area contributed by atoms with Crippen LogP contribution in [0.3, 0.4) is 0 Å². The fourth-order valence-electron chi connectivity index (χ4n) is 7.45. The summed E-state index contributed by atoms with van der Waals surface area (Å²) in [5.74, 6) is 2.30. The smallest absolute Gasteiger partial charge is 0.157 e. The second-order valence-electron chi connectivity index (χ2n) is 9.30. The molecule has 0 aromatic heterocycles. The molecule has 2 nitrogen and oxygen atoms in total. The summed E-state index contributed by atoms with van der Waals surface area (Å²) in [7, 11) is 0. The fourth-order valence-corrected chi connectivity index (χ4v) is 7.45. The minimum absolute atomic E-state index is 0.451. The second-order valence-corrected chi connectivity index (χ2v) is 9.30. The van der Waals surface area contributed by atoms with Crippen LogP contribution >= 0.6 is 0 Å². The van der Waals surface area contributed by atoms with Gasteiger partial charge in [0.25, 0.3) is 0 Å². The van der Waals surface area contributed by atoms with E-state index in [9.17, 15) is 0 Å². The van der Waals surface area contributed by atoms with Crippen molar-refractivity contribution in [2.24, 2.45) is 23.7 Å². The van der Waals surface area contributed by atoms with Gasteiger partial charge in [0.2, 0.25) is 0 Å². The van der Waals surface area contributed by atoms with Crippen molar-refractivity contribution in [3.8, 4) is 0 Å². The Morgan fingerprint density at radius 2 is 0.966 bits per heavy atom. The van der Waals surface area contributed by atoms with Crippen molar-refractivity contribution in [1.29, 1.82) is 0 Å². The largest absolute Gasteiger partial charge is 0.219 e. The maximum Gasteiger partial charge on any atom is 0.157 e. The Morgan fingerprint density at radius 3 is 1.41 bits per heavy atom. The van der Waals surface area contributed by atoms with Crippen LogP contribution in [0.1, 0.15) is 41.5 Å². The standard InChI is InChI=1S/C27H24O2/c1-3-9-20(10-4-1)26-22-13-7-8-14-23(22)27(29-28-26,21-11-5-2-6-12-21)25-19-16-15-18(17-19)24(25)26/h1-14,18-19,24-25H,15-17H2/t18-,19+,24+,25-,26+,27-. The zero-order valence-electron chi connectivity index (χ0n) is 16.3. The predicted octanol–water partition coefficient (Wildman–Crippen LogP) is 5.81. The molecule has 2 aliphatic heterocycles. The first-order valence-electron chi connectivity index (χ1n) is 10.9. The quantitative estimate of drug-likeness (QED) is 0.522. The molecule has 0 N–H and O–H groups in total. The summed E-state index contributed by atoms with van der Waals surface area (Å²) in [6, 6.07) is 30.5. The Bertz CT molecular complexity index is 991. The minimum atomic E-state index is -0.501. The summed E-state index contributed by atoms with van der Waals surface area (Å²) in [6.07, 6.45) is 3.94. The predicted molar refractivity (Wildman–Crippen MR) is 111 cm³/mol. The molecule has 6 atom stereocenters. The Hall–Kier alpha value is -2.42. The molecule has 1 saturated heterocycles.